The van der Waals surface area contributed by atoms with E-state index in [1.165, 1.54) is 18.5 Å². The minimum Gasteiger partial charge on any atom is -0.299 e. The fourth-order valence-electron chi connectivity index (χ4n) is 1.53. The Labute approximate surface area is 73.2 Å². The first kappa shape index (κ1) is 7.74. The van der Waals surface area contributed by atoms with Crippen LogP contribution in [-0.4, -0.2) is 23.0 Å². The SMILES string of the molecule is [CH]1CCN(Cc2ccncc2)C1. The third kappa shape index (κ3) is 1.83. The monoisotopic (exact) mass is 161 g/mol. The third-order valence-corrected chi connectivity index (χ3v) is 2.19. The first-order valence-corrected chi connectivity index (χ1v) is 4.38. The van der Waals surface area contributed by atoms with Crippen LogP contribution in [0.3, 0.4) is 0 Å². The third-order valence-electron chi connectivity index (χ3n) is 2.19. The van der Waals surface area contributed by atoms with Crippen LogP contribution in [0.1, 0.15) is 12.0 Å². The van der Waals surface area contributed by atoms with Crippen LogP contribution in [0.4, 0.5) is 0 Å². The molecule has 0 spiro atoms. The second kappa shape index (κ2) is 3.68. The van der Waals surface area contributed by atoms with Gasteiger partial charge in [-0.1, -0.05) is 0 Å². The quantitative estimate of drug-likeness (QED) is 0.653. The van der Waals surface area contributed by atoms with Crippen molar-refractivity contribution >= 4 is 0 Å². The highest BCUT2D eigenvalue weighted by molar-refractivity contribution is 5.09. The fourth-order valence-corrected chi connectivity index (χ4v) is 1.53. The van der Waals surface area contributed by atoms with Crippen molar-refractivity contribution in [1.82, 2.24) is 9.88 Å². The van der Waals surface area contributed by atoms with E-state index in [-0.39, 0.29) is 0 Å². The average Bonchev–Trinajstić information content (AvgIpc) is 2.59. The molecular formula is C10H13N2. The molecular weight excluding hydrogens is 148 g/mol. The molecule has 0 unspecified atom stereocenters. The lowest BCUT2D eigenvalue weighted by Crippen LogP contribution is -2.18. The Balaban J connectivity index is 1.94. The molecule has 12 heavy (non-hydrogen) atoms. The summed E-state index contributed by atoms with van der Waals surface area (Å²) in [5.41, 5.74) is 1.36. The van der Waals surface area contributed by atoms with Crippen molar-refractivity contribution in [2.24, 2.45) is 0 Å². The van der Waals surface area contributed by atoms with E-state index in [9.17, 15) is 0 Å². The second-order valence-electron chi connectivity index (χ2n) is 3.17. The van der Waals surface area contributed by atoms with Gasteiger partial charge in [-0.15, -0.1) is 0 Å². The van der Waals surface area contributed by atoms with Crippen molar-refractivity contribution < 1.29 is 0 Å². The number of likely N-dealkylation sites (tertiary alicyclic amines) is 1. The fraction of sp³-hybridized carbons (Fsp3) is 0.400. The van der Waals surface area contributed by atoms with Crippen molar-refractivity contribution in [2.75, 3.05) is 13.1 Å². The minimum atomic E-state index is 1.07. The van der Waals surface area contributed by atoms with Gasteiger partial charge in [-0.25, -0.2) is 0 Å². The summed E-state index contributed by atoms with van der Waals surface area (Å²) < 4.78 is 0. The summed E-state index contributed by atoms with van der Waals surface area (Å²) in [6, 6.07) is 4.16. The molecule has 1 saturated heterocycles. The highest BCUT2D eigenvalue weighted by Crippen LogP contribution is 2.10. The van der Waals surface area contributed by atoms with E-state index in [1.807, 2.05) is 12.4 Å². The van der Waals surface area contributed by atoms with Gasteiger partial charge in [0.1, 0.15) is 0 Å². The molecule has 2 nitrogen and oxygen atoms in total. The maximum absolute atomic E-state index is 3.99. The summed E-state index contributed by atoms with van der Waals surface area (Å²) in [7, 11) is 0. The summed E-state index contributed by atoms with van der Waals surface area (Å²) in [4.78, 5) is 6.43. The molecule has 0 bridgehead atoms. The molecule has 1 aromatic rings. The predicted octanol–water partition coefficient (Wildman–Crippen LogP) is 1.49. The molecule has 1 radical (unpaired) electrons. The summed E-state index contributed by atoms with van der Waals surface area (Å²) in [5, 5.41) is 0. The Bertz CT molecular complexity index is 227. The molecule has 1 aliphatic heterocycles. The Hall–Kier alpha value is -0.890. The lowest BCUT2D eigenvalue weighted by molar-refractivity contribution is 0.337. The molecule has 0 atom stereocenters. The van der Waals surface area contributed by atoms with E-state index in [4.69, 9.17) is 0 Å². The van der Waals surface area contributed by atoms with Gasteiger partial charge in [-0.2, -0.15) is 0 Å². The molecule has 1 aromatic heterocycles. The zero-order valence-corrected chi connectivity index (χ0v) is 7.11. The van der Waals surface area contributed by atoms with E-state index >= 15 is 0 Å². The molecule has 1 fully saturated rings. The lowest BCUT2D eigenvalue weighted by atomic mass is 10.2. The first-order chi connectivity index (χ1) is 5.95. The van der Waals surface area contributed by atoms with Crippen LogP contribution in [-0.2, 0) is 6.54 Å². The van der Waals surface area contributed by atoms with Crippen molar-refractivity contribution in [3.8, 4) is 0 Å². The number of pyridine rings is 1. The van der Waals surface area contributed by atoms with E-state index in [2.05, 4.69) is 28.4 Å². The normalized spacial score (nSPS) is 18.3. The predicted molar refractivity (Wildman–Crippen MR) is 48.4 cm³/mol. The largest absolute Gasteiger partial charge is 0.299 e. The van der Waals surface area contributed by atoms with Crippen LogP contribution in [0.15, 0.2) is 24.5 Å². The van der Waals surface area contributed by atoms with E-state index < -0.39 is 0 Å². The van der Waals surface area contributed by atoms with Crippen LogP contribution >= 0.6 is 0 Å². The van der Waals surface area contributed by atoms with E-state index in [1.54, 1.807) is 0 Å². The van der Waals surface area contributed by atoms with Gasteiger partial charge in [0.05, 0.1) is 0 Å². The summed E-state index contributed by atoms with van der Waals surface area (Å²) in [5.74, 6) is 0. The van der Waals surface area contributed by atoms with Gasteiger partial charge in [0.25, 0.3) is 0 Å². The van der Waals surface area contributed by atoms with E-state index in [0.717, 1.165) is 13.1 Å². The summed E-state index contributed by atoms with van der Waals surface area (Å²) >= 11 is 0. The molecule has 0 aliphatic carbocycles. The summed E-state index contributed by atoms with van der Waals surface area (Å²) in [6.07, 6.45) is 7.29. The number of aromatic nitrogens is 1. The van der Waals surface area contributed by atoms with Crippen molar-refractivity contribution in [1.29, 1.82) is 0 Å². The highest BCUT2D eigenvalue weighted by atomic mass is 15.1. The first-order valence-electron chi connectivity index (χ1n) is 4.38. The van der Waals surface area contributed by atoms with Crippen LogP contribution in [0, 0.1) is 6.42 Å². The maximum atomic E-state index is 3.99. The van der Waals surface area contributed by atoms with Gasteiger partial charge in [-0.05, 0) is 37.1 Å². The molecule has 0 aromatic carbocycles. The molecule has 0 N–H and O–H groups in total. The van der Waals surface area contributed by atoms with Gasteiger partial charge in [0, 0.05) is 25.5 Å². The Morgan fingerprint density at radius 3 is 2.83 bits per heavy atom. The molecule has 1 aliphatic rings. The molecule has 0 saturated carbocycles. The van der Waals surface area contributed by atoms with Crippen LogP contribution in [0.2, 0.25) is 0 Å². The Kier molecular flexibility index (Phi) is 2.37. The van der Waals surface area contributed by atoms with Crippen molar-refractivity contribution in [2.45, 2.75) is 13.0 Å². The number of nitrogens with zero attached hydrogens (tertiary/aromatic N) is 2. The van der Waals surface area contributed by atoms with Gasteiger partial charge in [0.15, 0.2) is 0 Å². The smallest absolute Gasteiger partial charge is 0.0271 e. The van der Waals surface area contributed by atoms with Gasteiger partial charge < -0.3 is 0 Å². The number of rotatable bonds is 2. The molecule has 0 amide bonds. The zero-order valence-electron chi connectivity index (χ0n) is 7.11. The lowest BCUT2D eigenvalue weighted by Gasteiger charge is -2.13. The topological polar surface area (TPSA) is 16.1 Å². The van der Waals surface area contributed by atoms with Crippen molar-refractivity contribution in [3.63, 3.8) is 0 Å². The zero-order chi connectivity index (χ0) is 8.23. The second-order valence-corrected chi connectivity index (χ2v) is 3.17. The molecule has 2 rings (SSSR count). The Morgan fingerprint density at radius 1 is 1.33 bits per heavy atom. The average molecular weight is 161 g/mol. The van der Waals surface area contributed by atoms with Gasteiger partial charge >= 0.3 is 0 Å². The molecule has 2 heterocycles. The van der Waals surface area contributed by atoms with Gasteiger partial charge in [0.2, 0.25) is 0 Å². The number of hydrogen-bond acceptors (Lipinski definition) is 2. The van der Waals surface area contributed by atoms with Crippen LogP contribution in [0.25, 0.3) is 0 Å². The number of hydrogen-bond donors (Lipinski definition) is 0. The summed E-state index contributed by atoms with van der Waals surface area (Å²) in [6.45, 7) is 3.42. The standard InChI is InChI=1S/C10H13N2/c1-2-8-12(7-1)9-10-3-5-11-6-4-10/h1,3-6H,2,7-9H2. The van der Waals surface area contributed by atoms with Crippen LogP contribution in [0.5, 0.6) is 0 Å². The highest BCUT2D eigenvalue weighted by Gasteiger charge is 2.11. The molecule has 63 valence electrons. The Morgan fingerprint density at radius 2 is 2.17 bits per heavy atom. The maximum Gasteiger partial charge on any atom is 0.0271 e. The van der Waals surface area contributed by atoms with Crippen molar-refractivity contribution in [3.05, 3.63) is 36.5 Å². The van der Waals surface area contributed by atoms with E-state index in [0.29, 0.717) is 0 Å². The van der Waals surface area contributed by atoms with Gasteiger partial charge in [-0.3, -0.25) is 9.88 Å². The minimum absolute atomic E-state index is 1.07. The van der Waals surface area contributed by atoms with Crippen LogP contribution < -0.4 is 0 Å². The molecule has 2 heteroatoms.